The SMILES string of the molecule is CN(C)CCCc1ccc(OCc2c(F)cccc2Cl)cc1. The molecule has 2 nitrogen and oxygen atoms in total. The average Bonchev–Trinajstić information content (AvgIpc) is 2.48. The molecular formula is C18H21ClFNO. The molecule has 2 rings (SSSR count). The monoisotopic (exact) mass is 321 g/mol. The fourth-order valence-electron chi connectivity index (χ4n) is 2.18. The third-order valence-corrected chi connectivity index (χ3v) is 3.79. The lowest BCUT2D eigenvalue weighted by atomic mass is 10.1. The minimum Gasteiger partial charge on any atom is -0.489 e. The summed E-state index contributed by atoms with van der Waals surface area (Å²) in [6.07, 6.45) is 2.16. The quantitative estimate of drug-likeness (QED) is 0.741. The van der Waals surface area contributed by atoms with Crippen molar-refractivity contribution in [3.8, 4) is 5.75 Å². The van der Waals surface area contributed by atoms with E-state index < -0.39 is 0 Å². The van der Waals surface area contributed by atoms with Crippen LogP contribution in [0.1, 0.15) is 17.5 Å². The summed E-state index contributed by atoms with van der Waals surface area (Å²) in [5.41, 5.74) is 1.66. The molecule has 0 N–H and O–H groups in total. The smallest absolute Gasteiger partial charge is 0.131 e. The second-order valence-electron chi connectivity index (χ2n) is 5.54. The number of rotatable bonds is 7. The van der Waals surface area contributed by atoms with Crippen LogP contribution in [0.25, 0.3) is 0 Å². The first-order chi connectivity index (χ1) is 10.6. The minimum atomic E-state index is -0.340. The Bertz CT molecular complexity index is 578. The second kappa shape index (κ2) is 8.16. The Morgan fingerprint density at radius 3 is 2.45 bits per heavy atom. The fourth-order valence-corrected chi connectivity index (χ4v) is 2.40. The number of hydrogen-bond acceptors (Lipinski definition) is 2. The van der Waals surface area contributed by atoms with Crippen molar-refractivity contribution < 1.29 is 9.13 Å². The van der Waals surface area contributed by atoms with E-state index in [0.717, 1.165) is 25.1 Å². The van der Waals surface area contributed by atoms with E-state index in [1.807, 2.05) is 24.3 Å². The summed E-state index contributed by atoms with van der Waals surface area (Å²) in [7, 11) is 4.15. The fraction of sp³-hybridized carbons (Fsp3) is 0.333. The first-order valence-corrected chi connectivity index (χ1v) is 7.73. The summed E-state index contributed by atoms with van der Waals surface area (Å²) >= 11 is 5.98. The number of ether oxygens (including phenoxy) is 1. The standard InChI is InChI=1S/C18H21ClFNO/c1-21(2)12-4-5-14-8-10-15(11-9-14)22-13-16-17(19)6-3-7-18(16)20/h3,6-11H,4-5,12-13H2,1-2H3. The number of nitrogens with zero attached hydrogens (tertiary/aromatic N) is 1. The van der Waals surface area contributed by atoms with Gasteiger partial charge in [-0.1, -0.05) is 29.8 Å². The van der Waals surface area contributed by atoms with E-state index in [2.05, 4.69) is 19.0 Å². The Labute approximate surface area is 136 Å². The van der Waals surface area contributed by atoms with Crippen LogP contribution in [0.4, 0.5) is 4.39 Å². The highest BCUT2D eigenvalue weighted by molar-refractivity contribution is 6.31. The number of benzene rings is 2. The van der Waals surface area contributed by atoms with Gasteiger partial charge in [-0.15, -0.1) is 0 Å². The molecule has 4 heteroatoms. The Hall–Kier alpha value is -1.58. The summed E-state index contributed by atoms with van der Waals surface area (Å²) in [4.78, 5) is 2.18. The van der Waals surface area contributed by atoms with Gasteiger partial charge in [0, 0.05) is 5.56 Å². The maximum Gasteiger partial charge on any atom is 0.131 e. The van der Waals surface area contributed by atoms with Crippen LogP contribution in [0.15, 0.2) is 42.5 Å². The predicted molar refractivity (Wildman–Crippen MR) is 89.1 cm³/mol. The van der Waals surface area contributed by atoms with Crippen molar-refractivity contribution >= 4 is 11.6 Å². The molecule has 0 aromatic heterocycles. The van der Waals surface area contributed by atoms with Crippen molar-refractivity contribution in [1.82, 2.24) is 4.90 Å². The largest absolute Gasteiger partial charge is 0.489 e. The maximum absolute atomic E-state index is 13.7. The van der Waals surface area contributed by atoms with E-state index >= 15 is 0 Å². The van der Waals surface area contributed by atoms with Gasteiger partial charge in [-0.3, -0.25) is 0 Å². The molecule has 118 valence electrons. The van der Waals surface area contributed by atoms with Crippen LogP contribution in [-0.4, -0.2) is 25.5 Å². The van der Waals surface area contributed by atoms with Crippen LogP contribution in [0.5, 0.6) is 5.75 Å². The van der Waals surface area contributed by atoms with Crippen molar-refractivity contribution in [2.24, 2.45) is 0 Å². The molecule has 0 aliphatic rings. The summed E-state index contributed by atoms with van der Waals surface area (Å²) in [6.45, 7) is 1.20. The molecule has 0 fully saturated rings. The summed E-state index contributed by atoms with van der Waals surface area (Å²) < 4.78 is 19.3. The van der Waals surface area contributed by atoms with Crippen molar-refractivity contribution in [2.45, 2.75) is 19.4 Å². The number of aryl methyl sites for hydroxylation is 1. The van der Waals surface area contributed by atoms with Gasteiger partial charge in [0.25, 0.3) is 0 Å². The normalized spacial score (nSPS) is 11.0. The lowest BCUT2D eigenvalue weighted by molar-refractivity contribution is 0.300. The van der Waals surface area contributed by atoms with Gasteiger partial charge < -0.3 is 9.64 Å². The van der Waals surface area contributed by atoms with Crippen LogP contribution < -0.4 is 4.74 Å². The third kappa shape index (κ3) is 5.00. The Kier molecular flexibility index (Phi) is 6.22. The summed E-state index contributed by atoms with van der Waals surface area (Å²) in [5, 5.41) is 0.389. The van der Waals surface area contributed by atoms with Crippen LogP contribution in [0.3, 0.4) is 0 Å². The molecule has 0 aliphatic heterocycles. The zero-order chi connectivity index (χ0) is 15.9. The van der Waals surface area contributed by atoms with Gasteiger partial charge in [0.15, 0.2) is 0 Å². The highest BCUT2D eigenvalue weighted by Gasteiger charge is 2.07. The van der Waals surface area contributed by atoms with Gasteiger partial charge in [0.2, 0.25) is 0 Å². The van der Waals surface area contributed by atoms with Gasteiger partial charge in [0.05, 0.1) is 5.02 Å². The third-order valence-electron chi connectivity index (χ3n) is 3.44. The highest BCUT2D eigenvalue weighted by atomic mass is 35.5. The van der Waals surface area contributed by atoms with E-state index in [1.165, 1.54) is 11.6 Å². The highest BCUT2D eigenvalue weighted by Crippen LogP contribution is 2.21. The van der Waals surface area contributed by atoms with Crippen molar-refractivity contribution in [3.05, 3.63) is 64.4 Å². The molecule has 22 heavy (non-hydrogen) atoms. The zero-order valence-corrected chi connectivity index (χ0v) is 13.7. The molecule has 0 bridgehead atoms. The Morgan fingerprint density at radius 1 is 1.09 bits per heavy atom. The first-order valence-electron chi connectivity index (χ1n) is 7.35. The van der Waals surface area contributed by atoms with Gasteiger partial charge in [-0.25, -0.2) is 4.39 Å². The van der Waals surface area contributed by atoms with Crippen LogP contribution >= 0.6 is 11.6 Å². The first kappa shape index (κ1) is 16.8. The molecule has 0 atom stereocenters. The lowest BCUT2D eigenvalue weighted by Crippen LogP contribution is -2.13. The zero-order valence-electron chi connectivity index (χ0n) is 13.0. The summed E-state index contributed by atoms with van der Waals surface area (Å²) in [6, 6.07) is 12.6. The molecule has 0 saturated heterocycles. The Balaban J connectivity index is 1.89. The minimum absolute atomic E-state index is 0.130. The molecule has 0 unspecified atom stereocenters. The second-order valence-corrected chi connectivity index (χ2v) is 5.95. The molecular weight excluding hydrogens is 301 g/mol. The van der Waals surface area contributed by atoms with Crippen molar-refractivity contribution in [1.29, 1.82) is 0 Å². The van der Waals surface area contributed by atoms with Gasteiger partial charge in [-0.05, 0) is 63.3 Å². The van der Waals surface area contributed by atoms with E-state index in [9.17, 15) is 4.39 Å². The average molecular weight is 322 g/mol. The molecule has 0 aliphatic carbocycles. The molecule has 2 aromatic carbocycles. The van der Waals surface area contributed by atoms with Crippen molar-refractivity contribution in [2.75, 3.05) is 20.6 Å². The van der Waals surface area contributed by atoms with Crippen molar-refractivity contribution in [3.63, 3.8) is 0 Å². The van der Waals surface area contributed by atoms with E-state index in [-0.39, 0.29) is 12.4 Å². The van der Waals surface area contributed by atoms with Gasteiger partial charge in [0.1, 0.15) is 18.2 Å². The lowest BCUT2D eigenvalue weighted by Gasteiger charge is -2.10. The molecule has 0 radical (unpaired) electrons. The maximum atomic E-state index is 13.7. The topological polar surface area (TPSA) is 12.5 Å². The predicted octanol–water partition coefficient (Wildman–Crippen LogP) is 4.55. The summed E-state index contributed by atoms with van der Waals surface area (Å²) in [5.74, 6) is 0.378. The van der Waals surface area contributed by atoms with E-state index in [0.29, 0.717) is 10.6 Å². The van der Waals surface area contributed by atoms with Crippen LogP contribution in [0, 0.1) is 5.82 Å². The molecule has 0 heterocycles. The number of hydrogen-bond donors (Lipinski definition) is 0. The van der Waals surface area contributed by atoms with Crippen LogP contribution in [-0.2, 0) is 13.0 Å². The van der Waals surface area contributed by atoms with Gasteiger partial charge in [-0.2, -0.15) is 0 Å². The molecule has 0 saturated carbocycles. The molecule has 0 spiro atoms. The Morgan fingerprint density at radius 2 is 1.82 bits per heavy atom. The molecule has 0 amide bonds. The van der Waals surface area contributed by atoms with Crippen LogP contribution in [0.2, 0.25) is 5.02 Å². The van der Waals surface area contributed by atoms with Gasteiger partial charge >= 0.3 is 0 Å². The molecule has 2 aromatic rings. The van der Waals surface area contributed by atoms with E-state index in [4.69, 9.17) is 16.3 Å². The van der Waals surface area contributed by atoms with E-state index in [1.54, 1.807) is 12.1 Å². The number of halogens is 2.